The first-order valence-corrected chi connectivity index (χ1v) is 8.21. The molecule has 1 aromatic heterocycles. The van der Waals surface area contributed by atoms with E-state index in [1.165, 1.54) is 12.1 Å². The third kappa shape index (κ3) is 3.40. The summed E-state index contributed by atoms with van der Waals surface area (Å²) < 4.78 is 32.9. The number of rotatable bonds is 4. The van der Waals surface area contributed by atoms with Crippen molar-refractivity contribution in [2.45, 2.75) is 31.7 Å². The molecule has 0 amide bonds. The molecule has 1 aromatic carbocycles. The first-order chi connectivity index (χ1) is 9.70. The van der Waals surface area contributed by atoms with Gasteiger partial charge in [0.05, 0.1) is 21.6 Å². The number of hydrogen-bond donors (Lipinski definition) is 2. The highest BCUT2D eigenvalue weighted by Gasteiger charge is 2.22. The van der Waals surface area contributed by atoms with Gasteiger partial charge in [-0.1, -0.05) is 11.6 Å². The maximum atomic E-state index is 12.5. The molecular formula is C14H17ClN2O3S. The number of benzene rings is 1. The summed E-state index contributed by atoms with van der Waals surface area (Å²) in [5, 5.41) is 0.334. The van der Waals surface area contributed by atoms with Crippen molar-refractivity contribution in [1.29, 1.82) is 0 Å². The van der Waals surface area contributed by atoms with E-state index in [9.17, 15) is 8.42 Å². The van der Waals surface area contributed by atoms with Gasteiger partial charge in [-0.25, -0.2) is 13.1 Å². The molecule has 0 bridgehead atoms. The number of nitrogens with one attached hydrogen (secondary N) is 1. The predicted octanol–water partition coefficient (Wildman–Crippen LogP) is 3.17. The molecular weight excluding hydrogens is 312 g/mol. The molecule has 1 heterocycles. The van der Waals surface area contributed by atoms with Gasteiger partial charge >= 0.3 is 0 Å². The van der Waals surface area contributed by atoms with Gasteiger partial charge in [0.1, 0.15) is 11.5 Å². The summed E-state index contributed by atoms with van der Waals surface area (Å²) in [5.74, 6) is 1.28. The second-order valence-corrected chi connectivity index (χ2v) is 7.02. The van der Waals surface area contributed by atoms with Crippen LogP contribution in [-0.2, 0) is 10.0 Å². The van der Waals surface area contributed by atoms with Crippen molar-refractivity contribution in [2.24, 2.45) is 0 Å². The monoisotopic (exact) mass is 328 g/mol. The molecule has 114 valence electrons. The van der Waals surface area contributed by atoms with Crippen LogP contribution in [0.25, 0.3) is 0 Å². The molecule has 0 aliphatic heterocycles. The SMILES string of the molecule is Cc1ccc(C(C)NS(=O)(=O)c2cc(N)c(Cl)cc2C)o1. The fourth-order valence-corrected chi connectivity index (χ4v) is 3.69. The largest absolute Gasteiger partial charge is 0.465 e. The molecule has 1 atom stereocenters. The van der Waals surface area contributed by atoms with Gasteiger partial charge in [-0.05, 0) is 50.6 Å². The Morgan fingerprint density at radius 2 is 1.95 bits per heavy atom. The van der Waals surface area contributed by atoms with Gasteiger partial charge in [0.15, 0.2) is 0 Å². The quantitative estimate of drug-likeness (QED) is 0.844. The summed E-state index contributed by atoms with van der Waals surface area (Å²) in [6, 6.07) is 5.94. The summed E-state index contributed by atoms with van der Waals surface area (Å²) in [5.41, 5.74) is 6.45. The smallest absolute Gasteiger partial charge is 0.241 e. The molecule has 3 N–H and O–H groups in total. The minimum absolute atomic E-state index is 0.111. The van der Waals surface area contributed by atoms with Gasteiger partial charge in [0.25, 0.3) is 0 Å². The molecule has 0 radical (unpaired) electrons. The number of anilines is 1. The molecule has 0 spiro atoms. The summed E-state index contributed by atoms with van der Waals surface area (Å²) in [6.45, 7) is 5.18. The second-order valence-electron chi connectivity index (χ2n) is 4.93. The van der Waals surface area contributed by atoms with Crippen LogP contribution in [0.15, 0.2) is 33.6 Å². The van der Waals surface area contributed by atoms with Gasteiger partial charge in [-0.2, -0.15) is 0 Å². The highest BCUT2D eigenvalue weighted by atomic mass is 35.5. The van der Waals surface area contributed by atoms with Crippen molar-refractivity contribution in [3.63, 3.8) is 0 Å². The van der Waals surface area contributed by atoms with Gasteiger partial charge < -0.3 is 10.2 Å². The van der Waals surface area contributed by atoms with Gasteiger partial charge in [0, 0.05) is 0 Å². The first kappa shape index (κ1) is 15.9. The van der Waals surface area contributed by atoms with Crippen molar-refractivity contribution in [3.05, 3.63) is 46.4 Å². The highest BCUT2D eigenvalue weighted by Crippen LogP contribution is 2.27. The summed E-state index contributed by atoms with van der Waals surface area (Å²) >= 11 is 5.89. The van der Waals surface area contributed by atoms with Crippen molar-refractivity contribution in [1.82, 2.24) is 4.72 Å². The predicted molar refractivity (Wildman–Crippen MR) is 82.8 cm³/mol. The number of aryl methyl sites for hydroxylation is 2. The Bertz CT molecular complexity index is 769. The van der Waals surface area contributed by atoms with Gasteiger partial charge in [-0.3, -0.25) is 0 Å². The Morgan fingerprint density at radius 3 is 2.52 bits per heavy atom. The lowest BCUT2D eigenvalue weighted by atomic mass is 10.2. The lowest BCUT2D eigenvalue weighted by Gasteiger charge is -2.14. The summed E-state index contributed by atoms with van der Waals surface area (Å²) in [7, 11) is -3.72. The molecule has 2 rings (SSSR count). The van der Waals surface area contributed by atoms with Crippen LogP contribution in [0, 0.1) is 13.8 Å². The molecule has 21 heavy (non-hydrogen) atoms. The summed E-state index contributed by atoms with van der Waals surface area (Å²) in [6.07, 6.45) is 0. The van der Waals surface area contributed by atoms with Crippen molar-refractivity contribution in [3.8, 4) is 0 Å². The van der Waals surface area contributed by atoms with Crippen LogP contribution in [0.2, 0.25) is 5.02 Å². The average Bonchev–Trinajstić information content (AvgIpc) is 2.80. The van der Waals surface area contributed by atoms with E-state index in [1.54, 1.807) is 32.9 Å². The van der Waals surface area contributed by atoms with Crippen LogP contribution in [0.1, 0.15) is 30.0 Å². The Labute approximate surface area is 129 Å². The number of furan rings is 1. The van der Waals surface area contributed by atoms with Crippen LogP contribution in [0.3, 0.4) is 0 Å². The molecule has 0 aliphatic carbocycles. The molecule has 0 aliphatic rings. The minimum Gasteiger partial charge on any atom is -0.465 e. The molecule has 0 saturated heterocycles. The van der Waals surface area contributed by atoms with Crippen LogP contribution >= 0.6 is 11.6 Å². The molecule has 7 heteroatoms. The van der Waals surface area contributed by atoms with E-state index < -0.39 is 16.1 Å². The topological polar surface area (TPSA) is 85.3 Å². The van der Waals surface area contributed by atoms with E-state index in [0.717, 1.165) is 5.76 Å². The average molecular weight is 329 g/mol. The van der Waals surface area contributed by atoms with E-state index in [1.807, 2.05) is 0 Å². The summed E-state index contributed by atoms with van der Waals surface area (Å²) in [4.78, 5) is 0.111. The minimum atomic E-state index is -3.72. The van der Waals surface area contributed by atoms with Crippen molar-refractivity contribution >= 4 is 27.3 Å². The Balaban J connectivity index is 2.32. The molecule has 1 unspecified atom stereocenters. The fraction of sp³-hybridized carbons (Fsp3) is 0.286. The number of halogens is 1. The molecule has 5 nitrogen and oxygen atoms in total. The zero-order chi connectivity index (χ0) is 15.8. The van der Waals surface area contributed by atoms with Crippen LogP contribution in [-0.4, -0.2) is 8.42 Å². The maximum absolute atomic E-state index is 12.5. The van der Waals surface area contributed by atoms with E-state index in [-0.39, 0.29) is 10.6 Å². The number of nitrogens with two attached hydrogens (primary N) is 1. The van der Waals surface area contributed by atoms with Crippen molar-refractivity contribution in [2.75, 3.05) is 5.73 Å². The highest BCUT2D eigenvalue weighted by molar-refractivity contribution is 7.89. The van der Waals surface area contributed by atoms with Crippen LogP contribution in [0.4, 0.5) is 5.69 Å². The Hall–Kier alpha value is -1.50. The Kier molecular flexibility index (Phi) is 4.32. The third-order valence-electron chi connectivity index (χ3n) is 3.10. The number of nitrogen functional groups attached to an aromatic ring is 1. The molecule has 0 fully saturated rings. The maximum Gasteiger partial charge on any atom is 0.241 e. The van der Waals surface area contributed by atoms with Crippen LogP contribution < -0.4 is 10.5 Å². The normalized spacial score (nSPS) is 13.3. The zero-order valence-corrected chi connectivity index (χ0v) is 13.5. The lowest BCUT2D eigenvalue weighted by molar-refractivity contribution is 0.441. The van der Waals surface area contributed by atoms with Gasteiger partial charge in [-0.15, -0.1) is 0 Å². The van der Waals surface area contributed by atoms with E-state index >= 15 is 0 Å². The number of sulfonamides is 1. The van der Waals surface area contributed by atoms with E-state index in [4.69, 9.17) is 21.8 Å². The van der Waals surface area contributed by atoms with Gasteiger partial charge in [0.2, 0.25) is 10.0 Å². The van der Waals surface area contributed by atoms with E-state index in [0.29, 0.717) is 16.3 Å². The fourth-order valence-electron chi connectivity index (χ4n) is 2.00. The molecule has 2 aromatic rings. The Morgan fingerprint density at radius 1 is 1.29 bits per heavy atom. The van der Waals surface area contributed by atoms with Crippen LogP contribution in [0.5, 0.6) is 0 Å². The zero-order valence-electron chi connectivity index (χ0n) is 12.0. The lowest BCUT2D eigenvalue weighted by Crippen LogP contribution is -2.27. The van der Waals surface area contributed by atoms with E-state index in [2.05, 4.69) is 4.72 Å². The number of hydrogen-bond acceptors (Lipinski definition) is 4. The molecule has 0 saturated carbocycles. The first-order valence-electron chi connectivity index (χ1n) is 6.35. The standard InChI is InChI=1S/C14H17ClN2O3S/c1-8-6-11(15)12(16)7-14(8)21(18,19)17-10(3)13-5-4-9(2)20-13/h4-7,10,17H,16H2,1-3H3. The third-order valence-corrected chi connectivity index (χ3v) is 5.11. The second kappa shape index (κ2) is 5.71. The van der Waals surface area contributed by atoms with Crippen molar-refractivity contribution < 1.29 is 12.8 Å².